The Morgan fingerprint density at radius 3 is 2.43 bits per heavy atom. The Bertz CT molecular complexity index is 630. The number of benzene rings is 1. The van der Waals surface area contributed by atoms with Crippen LogP contribution in [-0.4, -0.2) is 36.8 Å². The second-order valence-electron chi connectivity index (χ2n) is 4.61. The first-order chi connectivity index (χ1) is 9.32. The molecule has 1 aromatic rings. The van der Waals surface area contributed by atoms with E-state index in [0.29, 0.717) is 25.9 Å². The monoisotopic (exact) mass is 355 g/mol. The second-order valence-corrected chi connectivity index (χ2v) is 6.93. The highest BCUT2D eigenvalue weighted by atomic mass is 35.5. The smallest absolute Gasteiger partial charge is 0.270 e. The van der Waals surface area contributed by atoms with Gasteiger partial charge >= 0.3 is 0 Å². The molecule has 0 aromatic heterocycles. The van der Waals surface area contributed by atoms with Crippen molar-refractivity contribution in [1.82, 2.24) is 4.31 Å². The van der Waals surface area contributed by atoms with E-state index >= 15 is 0 Å². The molecule has 10 heteroatoms. The third-order valence-electron chi connectivity index (χ3n) is 3.24. The van der Waals surface area contributed by atoms with Gasteiger partial charge in [-0.15, -0.1) is 12.4 Å². The molecular formula is C11H15Cl2N3O4S. The second kappa shape index (κ2) is 6.89. The van der Waals surface area contributed by atoms with Crippen molar-refractivity contribution in [2.24, 2.45) is 5.73 Å². The van der Waals surface area contributed by atoms with Crippen LogP contribution in [0.2, 0.25) is 5.02 Å². The van der Waals surface area contributed by atoms with Crippen LogP contribution < -0.4 is 5.73 Å². The maximum absolute atomic E-state index is 12.5. The van der Waals surface area contributed by atoms with Crippen LogP contribution in [-0.2, 0) is 10.0 Å². The van der Waals surface area contributed by atoms with E-state index in [9.17, 15) is 18.5 Å². The number of sulfonamides is 1. The van der Waals surface area contributed by atoms with E-state index < -0.39 is 14.9 Å². The summed E-state index contributed by atoms with van der Waals surface area (Å²) in [6.07, 6.45) is 1.12. The molecule has 0 saturated carbocycles. The normalized spacial score (nSPS) is 17.2. The number of nitro groups is 1. The van der Waals surface area contributed by atoms with Crippen molar-refractivity contribution < 1.29 is 13.3 Å². The fourth-order valence-electron chi connectivity index (χ4n) is 2.06. The standard InChI is InChI=1S/C11H14ClN3O4S.ClH/c12-10-2-1-9(15(16)17)7-11(10)20(18,19)14-5-3-8(13)4-6-14;/h1-2,7-8H,3-6,13H2;1H. The van der Waals surface area contributed by atoms with Gasteiger partial charge in [0, 0.05) is 31.3 Å². The highest BCUT2D eigenvalue weighted by Gasteiger charge is 2.31. The first kappa shape index (κ1) is 18.1. The van der Waals surface area contributed by atoms with Crippen LogP contribution in [0.5, 0.6) is 0 Å². The van der Waals surface area contributed by atoms with Gasteiger partial charge in [0.05, 0.1) is 9.95 Å². The van der Waals surface area contributed by atoms with Gasteiger partial charge in [-0.3, -0.25) is 10.1 Å². The van der Waals surface area contributed by atoms with Gasteiger partial charge < -0.3 is 5.73 Å². The zero-order chi connectivity index (χ0) is 14.9. The lowest BCUT2D eigenvalue weighted by Crippen LogP contribution is -2.42. The summed E-state index contributed by atoms with van der Waals surface area (Å²) in [6, 6.07) is 3.38. The number of hydrogen-bond acceptors (Lipinski definition) is 5. The lowest BCUT2D eigenvalue weighted by molar-refractivity contribution is -0.385. The molecule has 2 rings (SSSR count). The lowest BCUT2D eigenvalue weighted by atomic mass is 10.1. The van der Waals surface area contributed by atoms with Crippen molar-refractivity contribution in [3.8, 4) is 0 Å². The minimum atomic E-state index is -3.83. The Hall–Kier alpha value is -0.930. The molecule has 0 spiro atoms. The number of hydrogen-bond donors (Lipinski definition) is 1. The van der Waals surface area contributed by atoms with Gasteiger partial charge in [0.25, 0.3) is 5.69 Å². The molecule has 0 bridgehead atoms. The number of halogens is 2. The maximum atomic E-state index is 12.5. The largest absolute Gasteiger partial charge is 0.328 e. The van der Waals surface area contributed by atoms with Crippen LogP contribution in [0.3, 0.4) is 0 Å². The Labute approximate surface area is 133 Å². The van der Waals surface area contributed by atoms with Crippen molar-refractivity contribution in [1.29, 1.82) is 0 Å². The molecule has 1 heterocycles. The van der Waals surface area contributed by atoms with Gasteiger partial charge in [-0.25, -0.2) is 8.42 Å². The SMILES string of the molecule is Cl.NC1CCN(S(=O)(=O)c2cc([N+](=O)[O-])ccc2Cl)CC1. The van der Waals surface area contributed by atoms with Gasteiger partial charge in [0.15, 0.2) is 0 Å². The van der Waals surface area contributed by atoms with Crippen LogP contribution in [0.15, 0.2) is 23.1 Å². The topological polar surface area (TPSA) is 107 Å². The molecule has 0 atom stereocenters. The summed E-state index contributed by atoms with van der Waals surface area (Å²) < 4.78 is 26.2. The average Bonchev–Trinajstić information content (AvgIpc) is 2.39. The van der Waals surface area contributed by atoms with E-state index in [1.165, 1.54) is 16.4 Å². The van der Waals surface area contributed by atoms with Crippen LogP contribution >= 0.6 is 24.0 Å². The van der Waals surface area contributed by atoms with Crippen LogP contribution in [0.1, 0.15) is 12.8 Å². The molecule has 7 nitrogen and oxygen atoms in total. The zero-order valence-electron chi connectivity index (χ0n) is 10.9. The molecule has 0 unspecified atom stereocenters. The minimum absolute atomic E-state index is 0. The van der Waals surface area contributed by atoms with Gasteiger partial charge in [-0.2, -0.15) is 4.31 Å². The van der Waals surface area contributed by atoms with Gasteiger partial charge in [0.1, 0.15) is 4.90 Å². The van der Waals surface area contributed by atoms with Crippen LogP contribution in [0, 0.1) is 10.1 Å². The summed E-state index contributed by atoms with van der Waals surface area (Å²) >= 11 is 5.88. The number of nitrogens with zero attached hydrogens (tertiary/aromatic N) is 2. The molecule has 1 aromatic carbocycles. The number of piperidine rings is 1. The Balaban J connectivity index is 0.00000220. The van der Waals surface area contributed by atoms with E-state index in [4.69, 9.17) is 17.3 Å². The average molecular weight is 356 g/mol. The molecule has 2 N–H and O–H groups in total. The molecule has 0 aliphatic carbocycles. The van der Waals surface area contributed by atoms with Crippen molar-refractivity contribution in [2.75, 3.05) is 13.1 Å². The third kappa shape index (κ3) is 3.83. The first-order valence-electron chi connectivity index (χ1n) is 6.02. The molecule has 1 aliphatic rings. The summed E-state index contributed by atoms with van der Waals surface area (Å²) in [4.78, 5) is 9.86. The first-order valence-corrected chi connectivity index (χ1v) is 7.84. The van der Waals surface area contributed by atoms with E-state index in [2.05, 4.69) is 0 Å². The van der Waals surface area contributed by atoms with Crippen molar-refractivity contribution in [3.05, 3.63) is 33.3 Å². The van der Waals surface area contributed by atoms with Gasteiger partial charge in [-0.05, 0) is 18.9 Å². The Morgan fingerprint density at radius 1 is 1.33 bits per heavy atom. The van der Waals surface area contributed by atoms with E-state index in [0.717, 1.165) is 6.07 Å². The maximum Gasteiger partial charge on any atom is 0.270 e. The number of non-ortho nitro benzene ring substituents is 1. The summed E-state index contributed by atoms with van der Waals surface area (Å²) in [5, 5.41) is 10.7. The fourth-order valence-corrected chi connectivity index (χ4v) is 4.02. The highest BCUT2D eigenvalue weighted by molar-refractivity contribution is 7.89. The molecule has 1 fully saturated rings. The van der Waals surface area contributed by atoms with E-state index in [1.54, 1.807) is 0 Å². The Morgan fingerprint density at radius 2 is 1.90 bits per heavy atom. The quantitative estimate of drug-likeness (QED) is 0.656. The molecule has 0 amide bonds. The molecule has 118 valence electrons. The van der Waals surface area contributed by atoms with Gasteiger partial charge in [0.2, 0.25) is 10.0 Å². The molecule has 1 aliphatic heterocycles. The van der Waals surface area contributed by atoms with Gasteiger partial charge in [-0.1, -0.05) is 11.6 Å². The van der Waals surface area contributed by atoms with Crippen LogP contribution in [0.4, 0.5) is 5.69 Å². The molecular weight excluding hydrogens is 341 g/mol. The number of rotatable bonds is 3. The third-order valence-corrected chi connectivity index (χ3v) is 5.62. The fraction of sp³-hybridized carbons (Fsp3) is 0.455. The van der Waals surface area contributed by atoms with E-state index in [1.807, 2.05) is 0 Å². The highest BCUT2D eigenvalue weighted by Crippen LogP contribution is 2.29. The van der Waals surface area contributed by atoms with Crippen molar-refractivity contribution >= 4 is 39.7 Å². The molecule has 1 saturated heterocycles. The van der Waals surface area contributed by atoms with Crippen molar-refractivity contribution in [3.63, 3.8) is 0 Å². The number of nitro benzene ring substituents is 1. The predicted molar refractivity (Wildman–Crippen MR) is 81.3 cm³/mol. The Kier molecular flexibility index (Phi) is 5.94. The summed E-state index contributed by atoms with van der Waals surface area (Å²) in [6.45, 7) is 0.588. The molecule has 21 heavy (non-hydrogen) atoms. The summed E-state index contributed by atoms with van der Waals surface area (Å²) in [7, 11) is -3.83. The number of nitrogens with two attached hydrogens (primary N) is 1. The molecule has 0 radical (unpaired) electrons. The summed E-state index contributed by atoms with van der Waals surface area (Å²) in [5.74, 6) is 0. The predicted octanol–water partition coefficient (Wildman–Crippen LogP) is 1.78. The zero-order valence-corrected chi connectivity index (χ0v) is 13.3. The van der Waals surface area contributed by atoms with Crippen LogP contribution in [0.25, 0.3) is 0 Å². The van der Waals surface area contributed by atoms with E-state index in [-0.39, 0.29) is 34.1 Å². The van der Waals surface area contributed by atoms with Crippen molar-refractivity contribution in [2.45, 2.75) is 23.8 Å². The lowest BCUT2D eigenvalue weighted by Gasteiger charge is -2.29. The summed E-state index contributed by atoms with van der Waals surface area (Å²) in [5.41, 5.74) is 5.43. The minimum Gasteiger partial charge on any atom is -0.328 e.